The Morgan fingerprint density at radius 1 is 1.33 bits per heavy atom. The highest BCUT2D eigenvalue weighted by Crippen LogP contribution is 2.38. The Bertz CT molecular complexity index is 866. The van der Waals surface area contributed by atoms with Gasteiger partial charge in [-0.1, -0.05) is 6.07 Å². The van der Waals surface area contributed by atoms with Gasteiger partial charge in [-0.3, -0.25) is 4.57 Å². The summed E-state index contributed by atoms with van der Waals surface area (Å²) in [6.07, 6.45) is 0. The van der Waals surface area contributed by atoms with Crippen LogP contribution in [0.15, 0.2) is 41.0 Å². The zero-order valence-corrected chi connectivity index (χ0v) is 15.3. The fourth-order valence-electron chi connectivity index (χ4n) is 2.38. The lowest BCUT2D eigenvalue weighted by Crippen LogP contribution is -2.17. The molecule has 4 nitrogen and oxygen atoms in total. The van der Waals surface area contributed by atoms with Crippen LogP contribution in [0.25, 0.3) is 11.1 Å². The maximum absolute atomic E-state index is 11.6. The van der Waals surface area contributed by atoms with Gasteiger partial charge in [0, 0.05) is 7.05 Å². The van der Waals surface area contributed by atoms with Gasteiger partial charge >= 0.3 is 5.76 Å². The molecule has 21 heavy (non-hydrogen) atoms. The molecule has 110 valence electrons. The van der Waals surface area contributed by atoms with Crippen LogP contribution in [0.3, 0.4) is 0 Å². The Labute approximate surface area is 142 Å². The topological polar surface area (TPSA) is 47.2 Å². The summed E-state index contributed by atoms with van der Waals surface area (Å²) < 4.78 is 8.91. The van der Waals surface area contributed by atoms with E-state index in [0.717, 1.165) is 24.2 Å². The van der Waals surface area contributed by atoms with Crippen LogP contribution in [0.5, 0.6) is 0 Å². The van der Waals surface area contributed by atoms with Gasteiger partial charge in [-0.05, 0) is 68.2 Å². The van der Waals surface area contributed by atoms with E-state index in [1.807, 2.05) is 25.2 Å². The fourth-order valence-corrected chi connectivity index (χ4v) is 5.28. The summed E-state index contributed by atoms with van der Waals surface area (Å²) in [5, 5.41) is 3.30. The number of rotatable bonds is 3. The van der Waals surface area contributed by atoms with E-state index in [-0.39, 0.29) is 11.8 Å². The molecule has 0 aliphatic carbocycles. The number of benzene rings is 1. The molecule has 0 spiro atoms. The third-order valence-corrected chi connectivity index (χ3v) is 5.82. The zero-order valence-electron chi connectivity index (χ0n) is 11.3. The van der Waals surface area contributed by atoms with Crippen molar-refractivity contribution in [2.75, 3.05) is 7.05 Å². The lowest BCUT2D eigenvalue weighted by Gasteiger charge is -2.16. The van der Waals surface area contributed by atoms with Gasteiger partial charge in [0.1, 0.15) is 0 Å². The van der Waals surface area contributed by atoms with Crippen molar-refractivity contribution in [3.05, 3.63) is 53.5 Å². The molecule has 0 aliphatic heterocycles. The van der Waals surface area contributed by atoms with Gasteiger partial charge in [0.2, 0.25) is 0 Å². The van der Waals surface area contributed by atoms with Crippen molar-refractivity contribution >= 4 is 54.3 Å². The standard InChI is InChI=1S/C14H12Br2N2O2S/c1-17-12(8-6-11(15)21-13(8)16)7-3-4-9-10(5-7)20-14(19)18(9)2/h3-6,12,17H,1-2H3. The van der Waals surface area contributed by atoms with E-state index in [1.165, 1.54) is 4.57 Å². The molecule has 2 aromatic heterocycles. The molecule has 1 N–H and O–H groups in total. The van der Waals surface area contributed by atoms with Gasteiger partial charge in [-0.2, -0.15) is 0 Å². The average Bonchev–Trinajstić information content (AvgIpc) is 2.91. The van der Waals surface area contributed by atoms with E-state index >= 15 is 0 Å². The van der Waals surface area contributed by atoms with Crippen molar-refractivity contribution in [2.24, 2.45) is 7.05 Å². The molecule has 1 unspecified atom stereocenters. The second-order valence-electron chi connectivity index (χ2n) is 4.66. The number of hydrogen-bond acceptors (Lipinski definition) is 4. The van der Waals surface area contributed by atoms with E-state index in [9.17, 15) is 4.79 Å². The maximum Gasteiger partial charge on any atom is 0.419 e. The molecule has 0 saturated heterocycles. The van der Waals surface area contributed by atoms with Crippen molar-refractivity contribution in [3.8, 4) is 0 Å². The van der Waals surface area contributed by atoms with E-state index in [2.05, 4.69) is 43.2 Å². The number of nitrogens with zero attached hydrogens (tertiary/aromatic N) is 1. The van der Waals surface area contributed by atoms with Crippen molar-refractivity contribution in [2.45, 2.75) is 6.04 Å². The van der Waals surface area contributed by atoms with Crippen LogP contribution in [-0.2, 0) is 7.05 Å². The predicted molar refractivity (Wildman–Crippen MR) is 92.1 cm³/mol. The zero-order chi connectivity index (χ0) is 15.1. The number of halogens is 2. The largest absolute Gasteiger partial charge is 0.419 e. The second-order valence-corrected chi connectivity index (χ2v) is 8.40. The van der Waals surface area contributed by atoms with Crippen molar-refractivity contribution in [3.63, 3.8) is 0 Å². The average molecular weight is 432 g/mol. The molecule has 7 heteroatoms. The quantitative estimate of drug-likeness (QED) is 0.681. The second kappa shape index (κ2) is 5.72. The smallest absolute Gasteiger partial charge is 0.408 e. The number of hydrogen-bond donors (Lipinski definition) is 1. The van der Waals surface area contributed by atoms with Crippen LogP contribution in [0.1, 0.15) is 17.2 Å². The molecular weight excluding hydrogens is 420 g/mol. The molecule has 1 aromatic carbocycles. The highest BCUT2D eigenvalue weighted by molar-refractivity contribution is 9.12. The molecule has 0 fully saturated rings. The van der Waals surface area contributed by atoms with E-state index < -0.39 is 0 Å². The summed E-state index contributed by atoms with van der Waals surface area (Å²) in [5.74, 6) is -0.345. The van der Waals surface area contributed by atoms with Crippen LogP contribution in [0.2, 0.25) is 0 Å². The Balaban J connectivity index is 2.13. The third-order valence-electron chi connectivity index (χ3n) is 3.43. The Morgan fingerprint density at radius 3 is 2.71 bits per heavy atom. The molecule has 3 aromatic rings. The van der Waals surface area contributed by atoms with Crippen LogP contribution in [-0.4, -0.2) is 11.6 Å². The number of aromatic nitrogens is 1. The number of nitrogens with one attached hydrogen (secondary N) is 1. The lowest BCUT2D eigenvalue weighted by atomic mass is 10.0. The Hall–Kier alpha value is -0.890. The van der Waals surface area contributed by atoms with Gasteiger partial charge in [-0.15, -0.1) is 11.3 Å². The minimum atomic E-state index is -0.345. The number of fused-ring (bicyclic) bond motifs is 1. The first kappa shape index (κ1) is 15.0. The molecule has 0 bridgehead atoms. The summed E-state index contributed by atoms with van der Waals surface area (Å²) in [4.78, 5) is 11.6. The van der Waals surface area contributed by atoms with E-state index in [4.69, 9.17) is 4.42 Å². The van der Waals surface area contributed by atoms with Crippen LogP contribution in [0.4, 0.5) is 0 Å². The summed E-state index contributed by atoms with van der Waals surface area (Å²) in [6, 6.07) is 7.94. The molecule has 0 saturated carbocycles. The molecule has 3 rings (SSSR count). The predicted octanol–water partition coefficient (Wildman–Crippen LogP) is 4.03. The highest BCUT2D eigenvalue weighted by Gasteiger charge is 2.19. The first-order valence-corrected chi connectivity index (χ1v) is 8.63. The Kier molecular flexibility index (Phi) is 4.09. The number of thiophene rings is 1. The minimum absolute atomic E-state index is 0.0248. The van der Waals surface area contributed by atoms with Gasteiger partial charge < -0.3 is 9.73 Å². The first-order valence-electron chi connectivity index (χ1n) is 6.22. The minimum Gasteiger partial charge on any atom is -0.408 e. The molecular formula is C14H12Br2N2O2S. The summed E-state index contributed by atoms with van der Waals surface area (Å²) >= 11 is 8.73. The van der Waals surface area contributed by atoms with Gasteiger partial charge in [-0.25, -0.2) is 4.79 Å². The normalized spacial score (nSPS) is 13.0. The first-order chi connectivity index (χ1) is 10.0. The van der Waals surface area contributed by atoms with Gasteiger partial charge in [0.05, 0.1) is 19.1 Å². The van der Waals surface area contributed by atoms with E-state index in [1.54, 1.807) is 18.4 Å². The van der Waals surface area contributed by atoms with Crippen LogP contribution < -0.4 is 11.1 Å². The van der Waals surface area contributed by atoms with Gasteiger partial charge in [0.25, 0.3) is 0 Å². The number of oxazole rings is 1. The van der Waals surface area contributed by atoms with Crippen LogP contribution >= 0.6 is 43.2 Å². The van der Waals surface area contributed by atoms with Crippen molar-refractivity contribution in [1.29, 1.82) is 0 Å². The highest BCUT2D eigenvalue weighted by atomic mass is 79.9. The molecule has 2 heterocycles. The summed E-state index contributed by atoms with van der Waals surface area (Å²) in [7, 11) is 3.62. The molecule has 0 amide bonds. The van der Waals surface area contributed by atoms with Crippen molar-refractivity contribution < 1.29 is 4.42 Å². The summed E-state index contributed by atoms with van der Waals surface area (Å²) in [6.45, 7) is 0. The lowest BCUT2D eigenvalue weighted by molar-refractivity contribution is 0.527. The molecule has 0 radical (unpaired) electrons. The van der Waals surface area contributed by atoms with Crippen LogP contribution in [0, 0.1) is 0 Å². The Morgan fingerprint density at radius 2 is 2.10 bits per heavy atom. The molecule has 1 atom stereocenters. The SMILES string of the molecule is CNC(c1ccc2c(c1)oc(=O)n2C)c1cc(Br)sc1Br. The maximum atomic E-state index is 11.6. The monoisotopic (exact) mass is 430 g/mol. The molecule has 0 aliphatic rings. The third kappa shape index (κ3) is 2.63. The fraction of sp³-hybridized carbons (Fsp3) is 0.214. The van der Waals surface area contributed by atoms with Crippen molar-refractivity contribution in [1.82, 2.24) is 9.88 Å². The number of aryl methyl sites for hydroxylation is 1. The van der Waals surface area contributed by atoms with E-state index in [0.29, 0.717) is 5.58 Å². The van der Waals surface area contributed by atoms with Gasteiger partial charge in [0.15, 0.2) is 5.58 Å². The summed E-state index contributed by atoms with van der Waals surface area (Å²) in [5.41, 5.74) is 3.59.